The molecule has 7 aromatic carbocycles. The molecule has 3 nitrogen and oxygen atoms in total. The zero-order chi connectivity index (χ0) is 30.6. The lowest BCUT2D eigenvalue weighted by molar-refractivity contribution is 1.16. The molecule has 0 N–H and O–H groups in total. The smallest absolute Gasteiger partial charge is 0.333 e. The lowest BCUT2D eigenvalue weighted by Crippen LogP contribution is -2.61. The zero-order valence-corrected chi connectivity index (χ0v) is 26.2. The minimum absolute atomic E-state index is 0.0344. The molecule has 1 aromatic heterocycles. The van der Waals surface area contributed by atoms with E-state index in [9.17, 15) is 0 Å². The summed E-state index contributed by atoms with van der Waals surface area (Å²) in [4.78, 5) is 7.65. The van der Waals surface area contributed by atoms with E-state index in [1.54, 1.807) is 0 Å². The van der Waals surface area contributed by atoms with E-state index in [4.69, 9.17) is 0 Å². The Bertz CT molecular complexity index is 2540. The highest BCUT2D eigenvalue weighted by molar-refractivity contribution is 7.99. The van der Waals surface area contributed by atoms with Gasteiger partial charge in [0.15, 0.2) is 0 Å². The molecular weight excluding hydrogens is 589 g/mol. The Kier molecular flexibility index (Phi) is 5.13. The molecule has 0 radical (unpaired) electrons. The van der Waals surface area contributed by atoms with Crippen molar-refractivity contribution >= 4 is 79.8 Å². The predicted octanol–water partition coefficient (Wildman–Crippen LogP) is 9.96. The largest absolute Gasteiger partial charge is 0.374 e. The molecule has 3 aliphatic rings. The summed E-state index contributed by atoms with van der Waals surface area (Å²) in [5.41, 5.74) is 15.1. The third-order valence-electron chi connectivity index (χ3n) is 10.1. The van der Waals surface area contributed by atoms with Crippen LogP contribution in [0.1, 0.15) is 0 Å². The Labute approximate surface area is 277 Å². The first-order chi connectivity index (χ1) is 23.3. The summed E-state index contributed by atoms with van der Waals surface area (Å²) in [6, 6.07) is 58.0. The van der Waals surface area contributed by atoms with E-state index in [0.29, 0.717) is 0 Å². The van der Waals surface area contributed by atoms with Crippen LogP contribution < -0.4 is 20.6 Å². The van der Waals surface area contributed by atoms with Gasteiger partial charge in [-0.15, -0.1) is 0 Å². The number of fused-ring (bicyclic) bond motifs is 9. The number of nitrogens with zero attached hydrogens (tertiary/aromatic N) is 3. The molecule has 8 aromatic rings. The average molecular weight is 616 g/mol. The molecule has 0 aliphatic carbocycles. The Morgan fingerprint density at radius 1 is 0.511 bits per heavy atom. The summed E-state index contributed by atoms with van der Waals surface area (Å²) in [6.07, 6.45) is 0. The van der Waals surface area contributed by atoms with Crippen LogP contribution in [0.2, 0.25) is 0 Å². The van der Waals surface area contributed by atoms with E-state index < -0.39 is 0 Å². The van der Waals surface area contributed by atoms with Crippen LogP contribution in [0, 0.1) is 0 Å². The van der Waals surface area contributed by atoms with Crippen LogP contribution in [0.25, 0.3) is 38.6 Å². The van der Waals surface area contributed by atoms with E-state index in [1.165, 1.54) is 70.7 Å². The van der Waals surface area contributed by atoms with Crippen molar-refractivity contribution in [2.45, 2.75) is 9.79 Å². The van der Waals surface area contributed by atoms with Gasteiger partial charge >= 0.3 is 6.85 Å². The maximum atomic E-state index is 2.64. The van der Waals surface area contributed by atoms with Crippen molar-refractivity contribution in [1.29, 1.82) is 0 Å². The van der Waals surface area contributed by atoms with Crippen LogP contribution in [-0.2, 0) is 0 Å². The highest BCUT2D eigenvalue weighted by Crippen LogP contribution is 2.55. The second-order valence-electron chi connectivity index (χ2n) is 12.5. The Morgan fingerprint density at radius 3 is 2.02 bits per heavy atom. The summed E-state index contributed by atoms with van der Waals surface area (Å²) in [5.74, 6) is 0. The van der Waals surface area contributed by atoms with Crippen molar-refractivity contribution in [2.24, 2.45) is 0 Å². The van der Waals surface area contributed by atoms with Crippen molar-refractivity contribution in [3.8, 4) is 16.8 Å². The molecule has 0 saturated heterocycles. The molecule has 0 amide bonds. The SMILES string of the molecule is c1ccc(N(c2ccccc2)c2cc3c4c(c2)-n2c5ccccc5c5cccc(c52)B4N2c4ccccc4Sc4cccc-3c42)cc1. The molecule has 5 heteroatoms. The number of benzene rings is 7. The van der Waals surface area contributed by atoms with Crippen LogP contribution in [0.4, 0.5) is 28.4 Å². The van der Waals surface area contributed by atoms with Crippen LogP contribution in [0.3, 0.4) is 0 Å². The van der Waals surface area contributed by atoms with Crippen LogP contribution in [0.15, 0.2) is 168 Å². The van der Waals surface area contributed by atoms with E-state index in [2.05, 4.69) is 172 Å². The van der Waals surface area contributed by atoms with Gasteiger partial charge < -0.3 is 14.3 Å². The Morgan fingerprint density at radius 2 is 1.19 bits per heavy atom. The van der Waals surface area contributed by atoms with Gasteiger partial charge in [0.2, 0.25) is 0 Å². The van der Waals surface area contributed by atoms with Gasteiger partial charge in [-0.2, -0.15) is 0 Å². The van der Waals surface area contributed by atoms with Gasteiger partial charge in [0.25, 0.3) is 0 Å². The van der Waals surface area contributed by atoms with E-state index in [1.807, 2.05) is 11.8 Å². The second-order valence-corrected chi connectivity index (χ2v) is 13.6. The molecule has 0 spiro atoms. The maximum Gasteiger partial charge on any atom is 0.333 e. The number of aromatic nitrogens is 1. The molecule has 11 rings (SSSR count). The first-order valence-corrected chi connectivity index (χ1v) is 17.0. The van der Waals surface area contributed by atoms with Gasteiger partial charge in [0.05, 0.1) is 16.7 Å². The Balaban J connectivity index is 1.32. The topological polar surface area (TPSA) is 11.4 Å². The molecule has 47 heavy (non-hydrogen) atoms. The summed E-state index contributed by atoms with van der Waals surface area (Å²) in [7, 11) is 0. The molecule has 0 unspecified atom stereocenters. The van der Waals surface area contributed by atoms with Crippen molar-refractivity contribution in [3.05, 3.63) is 158 Å². The summed E-state index contributed by atoms with van der Waals surface area (Å²) < 4.78 is 2.55. The van der Waals surface area contributed by atoms with E-state index in [-0.39, 0.29) is 6.85 Å². The minimum Gasteiger partial charge on any atom is -0.374 e. The van der Waals surface area contributed by atoms with Crippen molar-refractivity contribution in [3.63, 3.8) is 0 Å². The number of rotatable bonds is 3. The quantitative estimate of drug-likeness (QED) is 0.184. The van der Waals surface area contributed by atoms with Crippen LogP contribution in [-0.4, -0.2) is 11.4 Å². The van der Waals surface area contributed by atoms with Gasteiger partial charge in [-0.05, 0) is 77.2 Å². The van der Waals surface area contributed by atoms with Gasteiger partial charge in [-0.1, -0.05) is 109 Å². The van der Waals surface area contributed by atoms with Gasteiger partial charge in [-0.25, -0.2) is 0 Å². The molecular formula is C42H26BN3S. The molecule has 0 atom stereocenters. The summed E-state index contributed by atoms with van der Waals surface area (Å²) in [5, 5.41) is 2.59. The first-order valence-electron chi connectivity index (χ1n) is 16.2. The van der Waals surface area contributed by atoms with E-state index in [0.717, 1.165) is 17.1 Å². The van der Waals surface area contributed by atoms with Crippen molar-refractivity contribution in [2.75, 3.05) is 9.71 Å². The third-order valence-corrected chi connectivity index (χ3v) is 11.2. The molecule has 0 fully saturated rings. The van der Waals surface area contributed by atoms with Gasteiger partial charge in [0, 0.05) is 54.6 Å². The highest BCUT2D eigenvalue weighted by Gasteiger charge is 2.46. The fraction of sp³-hybridized carbons (Fsp3) is 0. The monoisotopic (exact) mass is 615 g/mol. The summed E-state index contributed by atoms with van der Waals surface area (Å²) >= 11 is 1.89. The number of hydrogen-bond donors (Lipinski definition) is 0. The molecule has 3 aliphatic heterocycles. The molecule has 0 saturated carbocycles. The van der Waals surface area contributed by atoms with Crippen LogP contribution in [0.5, 0.6) is 0 Å². The fourth-order valence-corrected chi connectivity index (χ4v) is 9.41. The number of para-hydroxylation sites is 6. The van der Waals surface area contributed by atoms with Crippen molar-refractivity contribution in [1.82, 2.24) is 4.57 Å². The minimum atomic E-state index is 0.0344. The van der Waals surface area contributed by atoms with Gasteiger partial charge in [-0.3, -0.25) is 0 Å². The maximum absolute atomic E-state index is 2.64. The predicted molar refractivity (Wildman–Crippen MR) is 199 cm³/mol. The first kappa shape index (κ1) is 25.5. The molecule has 218 valence electrons. The highest BCUT2D eigenvalue weighted by atomic mass is 32.2. The zero-order valence-electron chi connectivity index (χ0n) is 25.3. The number of anilines is 5. The van der Waals surface area contributed by atoms with E-state index >= 15 is 0 Å². The fourth-order valence-electron chi connectivity index (χ4n) is 8.31. The number of hydrogen-bond acceptors (Lipinski definition) is 3. The lowest BCUT2D eigenvalue weighted by atomic mass is 9.44. The summed E-state index contributed by atoms with van der Waals surface area (Å²) in [6.45, 7) is 0.0344. The standard InChI is InChI=1S/C42H26BN3S/c1-3-13-27(14-4-1)44(28-15-5-2-6-16-28)29-25-33-32-19-12-24-39-42(32)46(36-22-9-10-23-38(36)47-39)43-34-20-11-18-31-30-17-7-8-21-35(30)45(41(31)34)37(26-29)40(33)43/h1-26H. The average Bonchev–Trinajstić information content (AvgIpc) is 3.47. The van der Waals surface area contributed by atoms with Crippen molar-refractivity contribution < 1.29 is 0 Å². The Hall–Kier alpha value is -5.65. The molecule has 4 heterocycles. The van der Waals surface area contributed by atoms with Gasteiger partial charge in [0.1, 0.15) is 0 Å². The normalized spacial score (nSPS) is 13.4. The second kappa shape index (κ2) is 9.44. The lowest BCUT2D eigenvalue weighted by Gasteiger charge is -2.45. The molecule has 0 bridgehead atoms. The third kappa shape index (κ3) is 3.39. The van der Waals surface area contributed by atoms with Crippen LogP contribution >= 0.6 is 11.8 Å².